The average Bonchev–Trinajstić information content (AvgIpc) is 2.89. The van der Waals surface area contributed by atoms with Crippen LogP contribution in [0, 0.1) is 0 Å². The van der Waals surface area contributed by atoms with Gasteiger partial charge in [-0.2, -0.15) is 0 Å². The molecule has 1 N–H and O–H groups in total. The van der Waals surface area contributed by atoms with Crippen molar-refractivity contribution < 1.29 is 14.6 Å². The number of carboxylic acids is 1. The smallest absolute Gasteiger partial charge is 0.341 e. The molecule has 0 amide bonds. The predicted octanol–water partition coefficient (Wildman–Crippen LogP) is 1.32. The normalized spacial score (nSPS) is 15.4. The molecule has 4 heteroatoms. The first kappa shape index (κ1) is 8.04. The quantitative estimate of drug-likeness (QED) is 0.760. The zero-order chi connectivity index (χ0) is 9.26. The van der Waals surface area contributed by atoms with Gasteiger partial charge in [-0.15, -0.1) is 0 Å². The molecule has 0 atom stereocenters. The van der Waals surface area contributed by atoms with Crippen molar-refractivity contribution >= 4 is 5.97 Å². The summed E-state index contributed by atoms with van der Waals surface area (Å²) in [6, 6.07) is 1.59. The Hall–Kier alpha value is -1.58. The Kier molecular flexibility index (Phi) is 1.88. The van der Waals surface area contributed by atoms with E-state index < -0.39 is 5.97 Å². The van der Waals surface area contributed by atoms with Gasteiger partial charge in [-0.1, -0.05) is 0 Å². The van der Waals surface area contributed by atoms with Crippen LogP contribution in [0.4, 0.5) is 0 Å². The Morgan fingerprint density at radius 2 is 2.38 bits per heavy atom. The van der Waals surface area contributed by atoms with Crippen LogP contribution in [-0.4, -0.2) is 22.2 Å². The van der Waals surface area contributed by atoms with Gasteiger partial charge in [0.2, 0.25) is 0 Å². The summed E-state index contributed by atoms with van der Waals surface area (Å²) >= 11 is 0. The molecule has 1 aromatic rings. The fourth-order valence-corrected chi connectivity index (χ4v) is 1.01. The maximum Gasteiger partial charge on any atom is 0.341 e. The highest BCUT2D eigenvalue weighted by molar-refractivity contribution is 5.90. The molecule has 1 aromatic heterocycles. The first-order valence-corrected chi connectivity index (χ1v) is 4.11. The summed E-state index contributed by atoms with van der Waals surface area (Å²) in [5, 5.41) is 8.78. The van der Waals surface area contributed by atoms with Crippen LogP contribution in [0.25, 0.3) is 0 Å². The molecule has 1 saturated carbocycles. The van der Waals surface area contributed by atoms with Crippen LogP contribution in [-0.2, 0) is 0 Å². The number of nitrogens with zero attached hydrogens (tertiary/aromatic N) is 1. The van der Waals surface area contributed by atoms with Gasteiger partial charge in [0.25, 0.3) is 0 Å². The van der Waals surface area contributed by atoms with Gasteiger partial charge in [-0.3, -0.25) is 4.98 Å². The summed E-state index contributed by atoms with van der Waals surface area (Å²) < 4.78 is 5.40. The average molecular weight is 179 g/mol. The van der Waals surface area contributed by atoms with E-state index in [0.29, 0.717) is 5.75 Å². The topological polar surface area (TPSA) is 59.4 Å². The summed E-state index contributed by atoms with van der Waals surface area (Å²) in [4.78, 5) is 14.4. The van der Waals surface area contributed by atoms with Crippen molar-refractivity contribution in [2.45, 2.75) is 18.9 Å². The molecule has 1 fully saturated rings. The number of pyridine rings is 1. The molecule has 0 bridgehead atoms. The molecule has 68 valence electrons. The lowest BCUT2D eigenvalue weighted by Gasteiger charge is -2.05. The molecule has 1 aliphatic rings. The minimum absolute atomic E-state index is 0.134. The van der Waals surface area contributed by atoms with Gasteiger partial charge in [-0.05, 0) is 18.9 Å². The number of hydrogen-bond acceptors (Lipinski definition) is 3. The maximum absolute atomic E-state index is 10.7. The molecule has 13 heavy (non-hydrogen) atoms. The fraction of sp³-hybridized carbons (Fsp3) is 0.333. The minimum Gasteiger partial charge on any atom is -0.489 e. The Bertz CT molecular complexity index is 333. The standard InChI is InChI=1S/C9H9NO3/c11-9(12)7-5-10-4-3-8(7)13-6-1-2-6/h3-6H,1-2H2,(H,11,12). The van der Waals surface area contributed by atoms with Crippen molar-refractivity contribution in [2.75, 3.05) is 0 Å². The lowest BCUT2D eigenvalue weighted by molar-refractivity contribution is 0.0691. The van der Waals surface area contributed by atoms with Crippen molar-refractivity contribution in [3.8, 4) is 5.75 Å². The van der Waals surface area contributed by atoms with Crippen LogP contribution < -0.4 is 4.74 Å². The summed E-state index contributed by atoms with van der Waals surface area (Å²) in [5.74, 6) is -0.575. The van der Waals surface area contributed by atoms with Crippen LogP contribution >= 0.6 is 0 Å². The highest BCUT2D eigenvalue weighted by atomic mass is 16.5. The molecule has 1 heterocycles. The lowest BCUT2D eigenvalue weighted by atomic mass is 10.2. The van der Waals surface area contributed by atoms with Gasteiger partial charge in [-0.25, -0.2) is 4.79 Å². The SMILES string of the molecule is O=C(O)c1cnccc1OC1CC1. The summed E-state index contributed by atoms with van der Waals surface area (Å²) in [6.45, 7) is 0. The summed E-state index contributed by atoms with van der Waals surface area (Å²) in [7, 11) is 0. The fourth-order valence-electron chi connectivity index (χ4n) is 1.01. The van der Waals surface area contributed by atoms with Crippen molar-refractivity contribution in [1.29, 1.82) is 0 Å². The highest BCUT2D eigenvalue weighted by Gasteiger charge is 2.25. The predicted molar refractivity (Wildman–Crippen MR) is 44.8 cm³/mol. The Labute approximate surface area is 75.2 Å². The number of carboxylic acid groups (broad SMARTS) is 1. The van der Waals surface area contributed by atoms with Crippen molar-refractivity contribution in [2.24, 2.45) is 0 Å². The molecule has 0 saturated heterocycles. The highest BCUT2D eigenvalue weighted by Crippen LogP contribution is 2.28. The van der Waals surface area contributed by atoms with E-state index in [1.54, 1.807) is 6.07 Å². The molecule has 2 rings (SSSR count). The molecule has 0 unspecified atom stereocenters. The second-order valence-corrected chi connectivity index (χ2v) is 2.99. The third-order valence-electron chi connectivity index (χ3n) is 1.83. The van der Waals surface area contributed by atoms with E-state index in [0.717, 1.165) is 12.8 Å². The van der Waals surface area contributed by atoms with Crippen LogP contribution in [0.1, 0.15) is 23.2 Å². The summed E-state index contributed by atoms with van der Waals surface area (Å²) in [5.41, 5.74) is 0.134. The summed E-state index contributed by atoms with van der Waals surface area (Å²) in [6.07, 6.45) is 5.08. The Morgan fingerprint density at radius 1 is 1.62 bits per heavy atom. The van der Waals surface area contributed by atoms with Crippen LogP contribution in [0.3, 0.4) is 0 Å². The van der Waals surface area contributed by atoms with Gasteiger partial charge in [0.1, 0.15) is 11.3 Å². The Balaban J connectivity index is 2.25. The second kappa shape index (κ2) is 3.05. The lowest BCUT2D eigenvalue weighted by Crippen LogP contribution is -2.04. The number of rotatable bonds is 3. The molecule has 0 aromatic carbocycles. The van der Waals surface area contributed by atoms with Crippen LogP contribution in [0.2, 0.25) is 0 Å². The van der Waals surface area contributed by atoms with Crippen molar-refractivity contribution in [3.63, 3.8) is 0 Å². The second-order valence-electron chi connectivity index (χ2n) is 2.99. The number of aromatic nitrogens is 1. The van der Waals surface area contributed by atoms with E-state index in [4.69, 9.17) is 9.84 Å². The molecule has 4 nitrogen and oxygen atoms in total. The molecular weight excluding hydrogens is 170 g/mol. The molecule has 0 aliphatic heterocycles. The monoisotopic (exact) mass is 179 g/mol. The van der Waals surface area contributed by atoms with E-state index in [2.05, 4.69) is 4.98 Å². The van der Waals surface area contributed by atoms with Gasteiger partial charge < -0.3 is 9.84 Å². The molecule has 0 radical (unpaired) electrons. The minimum atomic E-state index is -0.997. The number of hydrogen-bond donors (Lipinski definition) is 1. The van der Waals surface area contributed by atoms with Crippen LogP contribution in [0.5, 0.6) is 5.75 Å². The Morgan fingerprint density at radius 3 is 3.00 bits per heavy atom. The van der Waals surface area contributed by atoms with Gasteiger partial charge >= 0.3 is 5.97 Å². The van der Waals surface area contributed by atoms with E-state index in [-0.39, 0.29) is 11.7 Å². The zero-order valence-electron chi connectivity index (χ0n) is 6.93. The van der Waals surface area contributed by atoms with E-state index in [1.807, 2.05) is 0 Å². The first-order chi connectivity index (χ1) is 6.27. The van der Waals surface area contributed by atoms with Gasteiger partial charge in [0.15, 0.2) is 0 Å². The van der Waals surface area contributed by atoms with Crippen molar-refractivity contribution in [3.05, 3.63) is 24.0 Å². The van der Waals surface area contributed by atoms with Crippen molar-refractivity contribution in [1.82, 2.24) is 4.98 Å². The number of ether oxygens (including phenoxy) is 1. The van der Waals surface area contributed by atoms with E-state index >= 15 is 0 Å². The van der Waals surface area contributed by atoms with Gasteiger partial charge in [0.05, 0.1) is 6.10 Å². The number of aromatic carboxylic acids is 1. The van der Waals surface area contributed by atoms with Crippen LogP contribution in [0.15, 0.2) is 18.5 Å². The zero-order valence-corrected chi connectivity index (χ0v) is 6.93. The van der Waals surface area contributed by atoms with E-state index in [1.165, 1.54) is 12.4 Å². The third-order valence-corrected chi connectivity index (χ3v) is 1.83. The largest absolute Gasteiger partial charge is 0.489 e. The number of carbonyl (C=O) groups is 1. The first-order valence-electron chi connectivity index (χ1n) is 4.11. The molecule has 0 spiro atoms. The molecular formula is C9H9NO3. The third kappa shape index (κ3) is 1.77. The van der Waals surface area contributed by atoms with Gasteiger partial charge in [0, 0.05) is 12.4 Å². The molecule has 1 aliphatic carbocycles. The van der Waals surface area contributed by atoms with E-state index in [9.17, 15) is 4.79 Å². The maximum atomic E-state index is 10.7.